The lowest BCUT2D eigenvalue weighted by atomic mass is 9.80. The Hall–Kier alpha value is -1.63. The molecule has 0 radical (unpaired) electrons. The molecule has 1 aliphatic carbocycles. The van der Waals surface area contributed by atoms with Gasteiger partial charge in [-0.05, 0) is 69.3 Å². The van der Waals surface area contributed by atoms with Crippen molar-refractivity contribution in [3.05, 3.63) is 35.4 Å². The number of hydrogen-bond donors (Lipinski definition) is 1. The number of benzene rings is 1. The molecule has 0 amide bonds. The van der Waals surface area contributed by atoms with E-state index in [9.17, 15) is 4.79 Å². The van der Waals surface area contributed by atoms with Crippen LogP contribution >= 0.6 is 0 Å². The molecule has 1 aromatic carbocycles. The molecule has 1 aliphatic heterocycles. The molecule has 27 heavy (non-hydrogen) atoms. The van der Waals surface area contributed by atoms with E-state index < -0.39 is 0 Å². The molecule has 146 valence electrons. The first kappa shape index (κ1) is 20.1. The van der Waals surface area contributed by atoms with E-state index in [1.807, 2.05) is 6.92 Å². The van der Waals surface area contributed by atoms with Gasteiger partial charge in [-0.2, -0.15) is 0 Å². The van der Waals surface area contributed by atoms with Gasteiger partial charge in [-0.15, -0.1) is 5.92 Å². The fraction of sp³-hybridized carbons (Fsp3) is 0.625. The fourth-order valence-corrected chi connectivity index (χ4v) is 4.47. The second-order valence-corrected chi connectivity index (χ2v) is 8.38. The van der Waals surface area contributed by atoms with E-state index in [-0.39, 0.29) is 5.92 Å². The number of nitrogens with one attached hydrogen (secondary N) is 1. The molecule has 3 heteroatoms. The standard InChI is InChI=1S/C24H34N2O/c1-3-4-20-7-9-21(10-8-20)17-26(23-13-15-25-16-14-23)18-24(27)22-11-5-19(2)6-12-22/h7-10,19,22-23,25H,5-6,11-18H2,1-2H3. The number of rotatable bonds is 6. The van der Waals surface area contributed by atoms with E-state index in [1.165, 1.54) is 18.4 Å². The van der Waals surface area contributed by atoms with Gasteiger partial charge in [-0.1, -0.05) is 37.8 Å². The minimum Gasteiger partial charge on any atom is -0.317 e. The van der Waals surface area contributed by atoms with Crippen molar-refractivity contribution in [2.75, 3.05) is 19.6 Å². The highest BCUT2D eigenvalue weighted by Gasteiger charge is 2.28. The van der Waals surface area contributed by atoms with Crippen LogP contribution in [0.1, 0.15) is 63.5 Å². The maximum absolute atomic E-state index is 13.0. The van der Waals surface area contributed by atoms with Crippen LogP contribution in [0.3, 0.4) is 0 Å². The number of nitrogens with zero attached hydrogens (tertiary/aromatic N) is 1. The summed E-state index contributed by atoms with van der Waals surface area (Å²) in [7, 11) is 0. The van der Waals surface area contributed by atoms with Crippen molar-refractivity contribution in [1.29, 1.82) is 0 Å². The molecular formula is C24H34N2O. The van der Waals surface area contributed by atoms with Crippen LogP contribution in [0.4, 0.5) is 0 Å². The van der Waals surface area contributed by atoms with Crippen LogP contribution in [0.25, 0.3) is 0 Å². The van der Waals surface area contributed by atoms with Crippen molar-refractivity contribution in [3.8, 4) is 11.8 Å². The Morgan fingerprint density at radius 2 is 1.74 bits per heavy atom. The largest absolute Gasteiger partial charge is 0.317 e. The lowest BCUT2D eigenvalue weighted by Crippen LogP contribution is -2.46. The highest BCUT2D eigenvalue weighted by atomic mass is 16.1. The van der Waals surface area contributed by atoms with Crippen LogP contribution in [0, 0.1) is 23.7 Å². The van der Waals surface area contributed by atoms with Crippen molar-refractivity contribution in [2.45, 2.75) is 65.0 Å². The third-order valence-electron chi connectivity index (χ3n) is 6.26. The summed E-state index contributed by atoms with van der Waals surface area (Å²) in [6.45, 7) is 7.77. The number of carbonyl (C=O) groups is 1. The van der Waals surface area contributed by atoms with Crippen molar-refractivity contribution in [3.63, 3.8) is 0 Å². The first-order chi connectivity index (χ1) is 13.2. The Balaban J connectivity index is 1.66. The summed E-state index contributed by atoms with van der Waals surface area (Å²) < 4.78 is 0. The van der Waals surface area contributed by atoms with E-state index >= 15 is 0 Å². The minimum absolute atomic E-state index is 0.285. The zero-order valence-electron chi connectivity index (χ0n) is 17.0. The molecule has 1 saturated carbocycles. The lowest BCUT2D eigenvalue weighted by Gasteiger charge is -2.35. The van der Waals surface area contributed by atoms with E-state index in [4.69, 9.17) is 0 Å². The van der Waals surface area contributed by atoms with Crippen molar-refractivity contribution in [2.24, 2.45) is 11.8 Å². The zero-order chi connectivity index (χ0) is 19.1. The van der Waals surface area contributed by atoms with Gasteiger partial charge in [0.25, 0.3) is 0 Å². The summed E-state index contributed by atoms with van der Waals surface area (Å²) in [6, 6.07) is 9.03. The molecule has 0 bridgehead atoms. The molecule has 0 spiro atoms. The number of ketones is 1. The summed E-state index contributed by atoms with van der Waals surface area (Å²) in [6.07, 6.45) is 6.87. The lowest BCUT2D eigenvalue weighted by molar-refractivity contribution is -0.126. The van der Waals surface area contributed by atoms with E-state index in [2.05, 4.69) is 53.2 Å². The topological polar surface area (TPSA) is 32.3 Å². The SMILES string of the molecule is CC#Cc1ccc(CN(CC(=O)C2CCC(C)CC2)C2CCNCC2)cc1. The molecule has 3 nitrogen and oxygen atoms in total. The normalized spacial score (nSPS) is 23.7. The van der Waals surface area contributed by atoms with Crippen LogP contribution in [0.15, 0.2) is 24.3 Å². The summed E-state index contributed by atoms with van der Waals surface area (Å²) in [4.78, 5) is 15.5. The zero-order valence-corrected chi connectivity index (χ0v) is 17.0. The van der Waals surface area contributed by atoms with E-state index in [1.54, 1.807) is 0 Å². The Kier molecular flexibility index (Phi) is 7.50. The fourth-order valence-electron chi connectivity index (χ4n) is 4.47. The quantitative estimate of drug-likeness (QED) is 0.772. The van der Waals surface area contributed by atoms with Crippen LogP contribution in [0.5, 0.6) is 0 Å². The van der Waals surface area contributed by atoms with Crippen LogP contribution < -0.4 is 5.32 Å². The number of piperidine rings is 1. The van der Waals surface area contributed by atoms with Gasteiger partial charge in [-0.3, -0.25) is 9.69 Å². The maximum Gasteiger partial charge on any atom is 0.149 e. The first-order valence-corrected chi connectivity index (χ1v) is 10.6. The summed E-state index contributed by atoms with van der Waals surface area (Å²) in [5.41, 5.74) is 2.34. The number of hydrogen-bond acceptors (Lipinski definition) is 3. The minimum atomic E-state index is 0.285. The van der Waals surface area contributed by atoms with Gasteiger partial charge in [0, 0.05) is 24.1 Å². The number of Topliss-reactive ketones (excluding diaryl/α,β-unsaturated/α-hetero) is 1. The number of carbonyl (C=O) groups excluding carboxylic acids is 1. The average Bonchev–Trinajstić information content (AvgIpc) is 2.70. The van der Waals surface area contributed by atoms with Crippen LogP contribution in [-0.2, 0) is 11.3 Å². The molecule has 0 unspecified atom stereocenters. The van der Waals surface area contributed by atoms with Gasteiger partial charge in [0.15, 0.2) is 0 Å². The molecule has 2 fully saturated rings. The molecule has 0 aromatic heterocycles. The smallest absolute Gasteiger partial charge is 0.149 e. The van der Waals surface area contributed by atoms with Gasteiger partial charge >= 0.3 is 0 Å². The predicted octanol–water partition coefficient (Wildman–Crippen LogP) is 4.01. The van der Waals surface area contributed by atoms with Gasteiger partial charge in [0.05, 0.1) is 6.54 Å². The highest BCUT2D eigenvalue weighted by molar-refractivity contribution is 5.83. The molecule has 1 saturated heterocycles. The molecule has 3 rings (SSSR count). The Labute approximate surface area is 164 Å². The molecule has 0 atom stereocenters. The van der Waals surface area contributed by atoms with E-state index in [0.29, 0.717) is 18.4 Å². The van der Waals surface area contributed by atoms with Crippen molar-refractivity contribution >= 4 is 5.78 Å². The molecule has 2 aliphatic rings. The molecule has 1 N–H and O–H groups in total. The molecule has 1 aromatic rings. The van der Waals surface area contributed by atoms with Crippen LogP contribution in [0.2, 0.25) is 0 Å². The molecule has 1 heterocycles. The first-order valence-electron chi connectivity index (χ1n) is 10.6. The van der Waals surface area contributed by atoms with Gasteiger partial charge < -0.3 is 5.32 Å². The predicted molar refractivity (Wildman–Crippen MR) is 111 cm³/mol. The monoisotopic (exact) mass is 366 g/mol. The highest BCUT2D eigenvalue weighted by Crippen LogP contribution is 2.29. The van der Waals surface area contributed by atoms with Crippen molar-refractivity contribution < 1.29 is 4.79 Å². The summed E-state index contributed by atoms with van der Waals surface area (Å²) in [5, 5.41) is 3.45. The van der Waals surface area contributed by atoms with E-state index in [0.717, 1.165) is 56.8 Å². The maximum atomic E-state index is 13.0. The third kappa shape index (κ3) is 5.92. The second-order valence-electron chi connectivity index (χ2n) is 8.38. The Bertz CT molecular complexity index is 656. The summed E-state index contributed by atoms with van der Waals surface area (Å²) in [5.74, 6) is 7.60. The van der Waals surface area contributed by atoms with Crippen molar-refractivity contribution in [1.82, 2.24) is 10.2 Å². The van der Waals surface area contributed by atoms with Gasteiger partial charge in [-0.25, -0.2) is 0 Å². The third-order valence-corrected chi connectivity index (χ3v) is 6.26. The summed E-state index contributed by atoms with van der Waals surface area (Å²) >= 11 is 0. The molecular weight excluding hydrogens is 332 g/mol. The van der Waals surface area contributed by atoms with Crippen LogP contribution in [-0.4, -0.2) is 36.4 Å². The Morgan fingerprint density at radius 1 is 1.07 bits per heavy atom. The average molecular weight is 367 g/mol. The van der Waals surface area contributed by atoms with Gasteiger partial charge in [0.2, 0.25) is 0 Å². The van der Waals surface area contributed by atoms with Gasteiger partial charge in [0.1, 0.15) is 5.78 Å². The Morgan fingerprint density at radius 3 is 2.37 bits per heavy atom. The second kappa shape index (κ2) is 10.1.